The second kappa shape index (κ2) is 6.36. The average molecular weight is 347 g/mol. The van der Waals surface area contributed by atoms with Crippen LogP contribution in [0, 0.1) is 12.7 Å². The Morgan fingerprint density at radius 3 is 2.33 bits per heavy atom. The monoisotopic (exact) mass is 347 g/mol. The molecule has 0 bridgehead atoms. The van der Waals surface area contributed by atoms with Crippen LogP contribution in [0.25, 0.3) is 0 Å². The average Bonchev–Trinajstić information content (AvgIpc) is 3.06. The molecule has 0 aliphatic carbocycles. The molecule has 0 N–H and O–H groups in total. The van der Waals surface area contributed by atoms with E-state index in [0.717, 1.165) is 17.7 Å². The standard InChI is InChI=1S/C18H18FNO3S/c1-13-2-4-14(5-3-13)18(21)20-11-10-17(12-20)24(22,23)16-8-6-15(19)7-9-16/h2-9,17H,10-12H2,1H3. The summed E-state index contributed by atoms with van der Waals surface area (Å²) >= 11 is 0. The topological polar surface area (TPSA) is 54.5 Å². The summed E-state index contributed by atoms with van der Waals surface area (Å²) in [4.78, 5) is 14.2. The zero-order valence-corrected chi connectivity index (χ0v) is 14.1. The Labute approximate surface area is 140 Å². The van der Waals surface area contributed by atoms with Crippen molar-refractivity contribution in [2.75, 3.05) is 13.1 Å². The van der Waals surface area contributed by atoms with Crippen LogP contribution in [0.5, 0.6) is 0 Å². The fraction of sp³-hybridized carbons (Fsp3) is 0.278. The molecule has 1 aliphatic heterocycles. The van der Waals surface area contributed by atoms with E-state index >= 15 is 0 Å². The molecule has 1 unspecified atom stereocenters. The lowest BCUT2D eigenvalue weighted by atomic mass is 10.1. The van der Waals surface area contributed by atoms with Gasteiger partial charge in [-0.1, -0.05) is 17.7 Å². The van der Waals surface area contributed by atoms with Crippen molar-refractivity contribution in [1.82, 2.24) is 4.90 Å². The molecule has 1 heterocycles. The first kappa shape index (κ1) is 16.6. The number of carbonyl (C=O) groups excluding carboxylic acids is 1. The van der Waals surface area contributed by atoms with E-state index in [1.54, 1.807) is 17.0 Å². The van der Waals surface area contributed by atoms with Crippen molar-refractivity contribution >= 4 is 15.7 Å². The van der Waals surface area contributed by atoms with Crippen LogP contribution < -0.4 is 0 Å². The van der Waals surface area contributed by atoms with Gasteiger partial charge in [0.2, 0.25) is 0 Å². The van der Waals surface area contributed by atoms with Crippen molar-refractivity contribution < 1.29 is 17.6 Å². The first-order chi connectivity index (χ1) is 11.4. The highest BCUT2D eigenvalue weighted by Crippen LogP contribution is 2.25. The lowest BCUT2D eigenvalue weighted by molar-refractivity contribution is 0.0793. The van der Waals surface area contributed by atoms with Crippen LogP contribution in [0.4, 0.5) is 4.39 Å². The van der Waals surface area contributed by atoms with Crippen LogP contribution >= 0.6 is 0 Å². The number of nitrogens with zero attached hydrogens (tertiary/aromatic N) is 1. The van der Waals surface area contributed by atoms with Crippen molar-refractivity contribution in [2.45, 2.75) is 23.5 Å². The molecule has 126 valence electrons. The first-order valence-corrected chi connectivity index (χ1v) is 9.28. The Kier molecular flexibility index (Phi) is 4.41. The van der Waals surface area contributed by atoms with Crippen molar-refractivity contribution in [3.63, 3.8) is 0 Å². The molecule has 24 heavy (non-hydrogen) atoms. The van der Waals surface area contributed by atoms with Gasteiger partial charge in [0, 0.05) is 18.7 Å². The molecule has 4 nitrogen and oxygen atoms in total. The zero-order chi connectivity index (χ0) is 17.3. The van der Waals surface area contributed by atoms with Gasteiger partial charge < -0.3 is 4.90 Å². The molecule has 2 aromatic carbocycles. The third-order valence-corrected chi connectivity index (χ3v) is 6.50. The van der Waals surface area contributed by atoms with Crippen LogP contribution in [0.2, 0.25) is 0 Å². The van der Waals surface area contributed by atoms with Gasteiger partial charge in [0.15, 0.2) is 9.84 Å². The fourth-order valence-corrected chi connectivity index (χ4v) is 4.55. The summed E-state index contributed by atoms with van der Waals surface area (Å²) in [5, 5.41) is -0.655. The van der Waals surface area contributed by atoms with Gasteiger partial charge in [-0.3, -0.25) is 4.79 Å². The number of sulfone groups is 1. The number of hydrogen-bond acceptors (Lipinski definition) is 3. The summed E-state index contributed by atoms with van der Waals surface area (Å²) in [5.41, 5.74) is 1.62. The Balaban J connectivity index is 1.76. The third kappa shape index (κ3) is 3.19. The Morgan fingerprint density at radius 2 is 1.71 bits per heavy atom. The summed E-state index contributed by atoms with van der Waals surface area (Å²) in [6.07, 6.45) is 0.386. The molecule has 0 spiro atoms. The van der Waals surface area contributed by atoms with Crippen LogP contribution in [0.15, 0.2) is 53.4 Å². The van der Waals surface area contributed by atoms with E-state index in [-0.39, 0.29) is 17.3 Å². The largest absolute Gasteiger partial charge is 0.337 e. The summed E-state index contributed by atoms with van der Waals surface area (Å²) in [6, 6.07) is 12.0. The highest BCUT2D eigenvalue weighted by atomic mass is 32.2. The molecule has 1 fully saturated rings. The third-order valence-electron chi connectivity index (χ3n) is 4.31. The maximum Gasteiger partial charge on any atom is 0.253 e. The van der Waals surface area contributed by atoms with Gasteiger partial charge in [0.25, 0.3) is 5.91 Å². The number of amides is 1. The minimum atomic E-state index is -3.57. The molecule has 0 saturated carbocycles. The van der Waals surface area contributed by atoms with Crippen LogP contribution in [-0.2, 0) is 9.84 Å². The van der Waals surface area contributed by atoms with Gasteiger partial charge in [0.05, 0.1) is 10.1 Å². The number of benzene rings is 2. The van der Waals surface area contributed by atoms with Crippen LogP contribution in [0.3, 0.4) is 0 Å². The summed E-state index contributed by atoms with van der Waals surface area (Å²) in [7, 11) is -3.57. The predicted octanol–water partition coefficient (Wildman–Crippen LogP) is 2.82. The van der Waals surface area contributed by atoms with E-state index in [9.17, 15) is 17.6 Å². The summed E-state index contributed by atoms with van der Waals surface area (Å²) in [5.74, 6) is -0.636. The van der Waals surface area contributed by atoms with E-state index in [2.05, 4.69) is 0 Å². The minimum absolute atomic E-state index is 0.0959. The maximum absolute atomic E-state index is 13.0. The Bertz CT molecular complexity index is 845. The maximum atomic E-state index is 13.0. The number of carbonyl (C=O) groups is 1. The van der Waals surface area contributed by atoms with Crippen LogP contribution in [0.1, 0.15) is 22.3 Å². The zero-order valence-electron chi connectivity index (χ0n) is 13.3. The van der Waals surface area contributed by atoms with E-state index in [1.807, 2.05) is 19.1 Å². The smallest absolute Gasteiger partial charge is 0.253 e. The van der Waals surface area contributed by atoms with E-state index in [1.165, 1.54) is 12.1 Å². The number of likely N-dealkylation sites (tertiary alicyclic amines) is 1. The minimum Gasteiger partial charge on any atom is -0.337 e. The highest BCUT2D eigenvalue weighted by molar-refractivity contribution is 7.92. The SMILES string of the molecule is Cc1ccc(C(=O)N2CCC(S(=O)(=O)c3ccc(F)cc3)C2)cc1. The molecule has 1 amide bonds. The summed E-state index contributed by atoms with van der Waals surface area (Å²) in [6.45, 7) is 2.50. The van der Waals surface area contributed by atoms with E-state index < -0.39 is 20.9 Å². The Morgan fingerprint density at radius 1 is 1.08 bits per heavy atom. The van der Waals surface area contributed by atoms with Crippen molar-refractivity contribution in [2.24, 2.45) is 0 Å². The normalized spacial score (nSPS) is 17.9. The molecule has 1 aliphatic rings. The molecule has 0 aromatic heterocycles. The number of rotatable bonds is 3. The molecule has 6 heteroatoms. The van der Waals surface area contributed by atoms with E-state index in [4.69, 9.17) is 0 Å². The van der Waals surface area contributed by atoms with Crippen LogP contribution in [-0.4, -0.2) is 37.6 Å². The quantitative estimate of drug-likeness (QED) is 0.802. The summed E-state index contributed by atoms with van der Waals surface area (Å²) < 4.78 is 38.3. The highest BCUT2D eigenvalue weighted by Gasteiger charge is 2.36. The predicted molar refractivity (Wildman–Crippen MR) is 89.1 cm³/mol. The van der Waals surface area contributed by atoms with Crippen molar-refractivity contribution in [3.8, 4) is 0 Å². The molecular formula is C18H18FNO3S. The van der Waals surface area contributed by atoms with Crippen molar-refractivity contribution in [3.05, 3.63) is 65.5 Å². The lowest BCUT2D eigenvalue weighted by Crippen LogP contribution is -2.31. The van der Waals surface area contributed by atoms with Gasteiger partial charge >= 0.3 is 0 Å². The van der Waals surface area contributed by atoms with Gasteiger partial charge in [-0.25, -0.2) is 12.8 Å². The number of aryl methyl sites for hydroxylation is 1. The van der Waals surface area contributed by atoms with Gasteiger partial charge in [-0.05, 0) is 49.7 Å². The van der Waals surface area contributed by atoms with Gasteiger partial charge in [0.1, 0.15) is 5.82 Å². The van der Waals surface area contributed by atoms with Gasteiger partial charge in [-0.15, -0.1) is 0 Å². The number of halogens is 1. The van der Waals surface area contributed by atoms with Crippen molar-refractivity contribution in [1.29, 1.82) is 0 Å². The molecule has 0 radical (unpaired) electrons. The molecule has 2 aromatic rings. The molecule has 1 saturated heterocycles. The first-order valence-electron chi connectivity index (χ1n) is 7.73. The second-order valence-electron chi connectivity index (χ2n) is 6.03. The molecular weight excluding hydrogens is 329 g/mol. The van der Waals surface area contributed by atoms with E-state index in [0.29, 0.717) is 18.5 Å². The lowest BCUT2D eigenvalue weighted by Gasteiger charge is -2.17. The molecule has 1 atom stereocenters. The fourth-order valence-electron chi connectivity index (χ4n) is 2.86. The number of hydrogen-bond donors (Lipinski definition) is 0. The van der Waals surface area contributed by atoms with Gasteiger partial charge in [-0.2, -0.15) is 0 Å². The Hall–Kier alpha value is -2.21. The molecule has 3 rings (SSSR count). The second-order valence-corrected chi connectivity index (χ2v) is 8.25.